The number of anilines is 2. The molecule has 0 radical (unpaired) electrons. The highest BCUT2D eigenvalue weighted by molar-refractivity contribution is 5.71. The van der Waals surface area contributed by atoms with Crippen molar-refractivity contribution in [2.45, 2.75) is 13.1 Å². The third-order valence-electron chi connectivity index (χ3n) is 4.45. The van der Waals surface area contributed by atoms with Crippen molar-refractivity contribution >= 4 is 11.6 Å². The van der Waals surface area contributed by atoms with Gasteiger partial charge < -0.3 is 5.32 Å². The molecule has 1 aromatic carbocycles. The van der Waals surface area contributed by atoms with E-state index in [2.05, 4.69) is 25.5 Å². The maximum Gasteiger partial charge on any atom is 0.419 e. The Hall–Kier alpha value is -3.76. The SMILES string of the molecule is Cc1c(-c2ccc(F)cc2)nn(C)c1Nc1cc(-n2cc(C(F)(F)F)cn2)ncn1. The van der Waals surface area contributed by atoms with E-state index < -0.39 is 11.7 Å². The van der Waals surface area contributed by atoms with E-state index in [1.165, 1.54) is 24.5 Å². The van der Waals surface area contributed by atoms with Gasteiger partial charge in [0.2, 0.25) is 0 Å². The van der Waals surface area contributed by atoms with Crippen molar-refractivity contribution in [2.24, 2.45) is 7.05 Å². The fourth-order valence-corrected chi connectivity index (χ4v) is 2.94. The van der Waals surface area contributed by atoms with E-state index in [4.69, 9.17) is 0 Å². The number of halogens is 4. The van der Waals surface area contributed by atoms with Gasteiger partial charge in [-0.25, -0.2) is 19.0 Å². The average Bonchev–Trinajstić information content (AvgIpc) is 3.30. The van der Waals surface area contributed by atoms with Gasteiger partial charge in [0.05, 0.1) is 17.5 Å². The summed E-state index contributed by atoms with van der Waals surface area (Å²) in [6, 6.07) is 7.44. The van der Waals surface area contributed by atoms with Crippen LogP contribution in [0.2, 0.25) is 0 Å². The van der Waals surface area contributed by atoms with Crippen molar-refractivity contribution < 1.29 is 17.6 Å². The van der Waals surface area contributed by atoms with Crippen molar-refractivity contribution in [3.05, 3.63) is 66.0 Å². The summed E-state index contributed by atoms with van der Waals surface area (Å²) in [7, 11) is 1.73. The van der Waals surface area contributed by atoms with E-state index in [9.17, 15) is 17.6 Å². The molecule has 0 aliphatic rings. The molecule has 0 spiro atoms. The number of hydrogen-bond acceptors (Lipinski definition) is 5. The molecule has 0 atom stereocenters. The van der Waals surface area contributed by atoms with E-state index in [0.717, 1.165) is 28.2 Å². The second kappa shape index (κ2) is 7.25. The lowest BCUT2D eigenvalue weighted by atomic mass is 10.1. The average molecular weight is 417 g/mol. The van der Waals surface area contributed by atoms with Crippen LogP contribution in [-0.2, 0) is 13.2 Å². The third kappa shape index (κ3) is 3.73. The highest BCUT2D eigenvalue weighted by Gasteiger charge is 2.32. The van der Waals surface area contributed by atoms with Gasteiger partial charge in [-0.1, -0.05) is 0 Å². The Balaban J connectivity index is 1.63. The fourth-order valence-electron chi connectivity index (χ4n) is 2.94. The Morgan fingerprint density at radius 3 is 2.47 bits per heavy atom. The van der Waals surface area contributed by atoms with Crippen molar-refractivity contribution in [3.63, 3.8) is 0 Å². The smallest absolute Gasteiger partial charge is 0.325 e. The first-order valence-electron chi connectivity index (χ1n) is 8.73. The minimum Gasteiger partial charge on any atom is -0.325 e. The van der Waals surface area contributed by atoms with Gasteiger partial charge in [-0.3, -0.25) is 4.68 Å². The first-order valence-corrected chi connectivity index (χ1v) is 8.73. The van der Waals surface area contributed by atoms with Crippen molar-refractivity contribution in [1.82, 2.24) is 29.5 Å². The Kier molecular flexibility index (Phi) is 4.72. The number of hydrogen-bond donors (Lipinski definition) is 1. The van der Waals surface area contributed by atoms with Crippen LogP contribution >= 0.6 is 0 Å². The lowest BCUT2D eigenvalue weighted by Crippen LogP contribution is -2.05. The molecule has 7 nitrogen and oxygen atoms in total. The standard InChI is InChI=1S/C19H15F4N7/c1-11-17(12-3-5-14(20)6-4-12)28-29(2)18(11)27-15-7-16(25-10-24-15)30-9-13(8-26-30)19(21,22)23/h3-10H,1-2H3,(H,24,25,27). The predicted octanol–water partition coefficient (Wildman–Crippen LogP) is 4.27. The molecule has 1 N–H and O–H groups in total. The molecule has 0 aliphatic heterocycles. The number of aryl methyl sites for hydroxylation is 1. The van der Waals surface area contributed by atoms with Crippen LogP contribution < -0.4 is 5.32 Å². The second-order valence-electron chi connectivity index (χ2n) is 6.51. The van der Waals surface area contributed by atoms with Crippen LogP contribution in [0.3, 0.4) is 0 Å². The van der Waals surface area contributed by atoms with Gasteiger partial charge in [0.1, 0.15) is 23.8 Å². The molecule has 3 heterocycles. The first-order chi connectivity index (χ1) is 14.2. The minimum absolute atomic E-state index is 0.168. The highest BCUT2D eigenvalue weighted by atomic mass is 19.4. The summed E-state index contributed by atoms with van der Waals surface area (Å²) in [5, 5.41) is 11.3. The number of aromatic nitrogens is 6. The van der Waals surface area contributed by atoms with Crippen LogP contribution in [0.25, 0.3) is 17.1 Å². The largest absolute Gasteiger partial charge is 0.419 e. The molecular weight excluding hydrogens is 402 g/mol. The molecule has 30 heavy (non-hydrogen) atoms. The van der Waals surface area contributed by atoms with Crippen LogP contribution in [0, 0.1) is 12.7 Å². The Labute approximate surface area is 168 Å². The monoisotopic (exact) mass is 417 g/mol. The summed E-state index contributed by atoms with van der Waals surface area (Å²) >= 11 is 0. The Morgan fingerprint density at radius 2 is 1.80 bits per heavy atom. The summed E-state index contributed by atoms with van der Waals surface area (Å²) in [6.07, 6.45) is -1.68. The molecule has 4 rings (SSSR count). The topological polar surface area (TPSA) is 73.5 Å². The van der Waals surface area contributed by atoms with Crippen LogP contribution in [-0.4, -0.2) is 29.5 Å². The maximum absolute atomic E-state index is 13.2. The Bertz CT molecular complexity index is 1190. The van der Waals surface area contributed by atoms with Crippen LogP contribution in [0.5, 0.6) is 0 Å². The molecular formula is C19H15F4N7. The summed E-state index contributed by atoms with van der Waals surface area (Å²) < 4.78 is 54.2. The van der Waals surface area contributed by atoms with Gasteiger partial charge >= 0.3 is 6.18 Å². The minimum atomic E-state index is -4.49. The number of nitrogens with zero attached hydrogens (tertiary/aromatic N) is 6. The molecule has 0 saturated carbocycles. The van der Waals surface area contributed by atoms with E-state index in [1.807, 2.05) is 6.92 Å². The van der Waals surface area contributed by atoms with Crippen molar-refractivity contribution in [1.29, 1.82) is 0 Å². The van der Waals surface area contributed by atoms with Gasteiger partial charge in [-0.15, -0.1) is 0 Å². The molecule has 11 heteroatoms. The number of nitrogens with one attached hydrogen (secondary N) is 1. The van der Waals surface area contributed by atoms with E-state index in [0.29, 0.717) is 17.3 Å². The number of benzene rings is 1. The van der Waals surface area contributed by atoms with Gasteiger partial charge in [0, 0.05) is 30.4 Å². The summed E-state index contributed by atoms with van der Waals surface area (Å²) in [4.78, 5) is 8.09. The van der Waals surface area contributed by atoms with Crippen LogP contribution in [0.15, 0.2) is 49.1 Å². The zero-order valence-electron chi connectivity index (χ0n) is 15.8. The third-order valence-corrected chi connectivity index (χ3v) is 4.45. The first kappa shape index (κ1) is 19.6. The predicted molar refractivity (Wildman–Crippen MR) is 101 cm³/mol. The van der Waals surface area contributed by atoms with Gasteiger partial charge in [0.15, 0.2) is 5.82 Å². The van der Waals surface area contributed by atoms with E-state index >= 15 is 0 Å². The molecule has 0 amide bonds. The van der Waals surface area contributed by atoms with Gasteiger partial charge in [-0.05, 0) is 31.2 Å². The lowest BCUT2D eigenvalue weighted by Gasteiger charge is -2.08. The molecule has 154 valence electrons. The molecule has 0 fully saturated rings. The zero-order valence-corrected chi connectivity index (χ0v) is 15.8. The quantitative estimate of drug-likeness (QED) is 0.502. The fraction of sp³-hybridized carbons (Fsp3) is 0.158. The number of rotatable bonds is 4. The maximum atomic E-state index is 13.2. The zero-order chi connectivity index (χ0) is 21.5. The van der Waals surface area contributed by atoms with Crippen molar-refractivity contribution in [3.8, 4) is 17.1 Å². The van der Waals surface area contributed by atoms with Crippen LogP contribution in [0.1, 0.15) is 11.1 Å². The summed E-state index contributed by atoms with van der Waals surface area (Å²) in [6.45, 7) is 1.85. The van der Waals surface area contributed by atoms with Gasteiger partial charge in [0.25, 0.3) is 0 Å². The van der Waals surface area contributed by atoms with Crippen LogP contribution in [0.4, 0.5) is 29.2 Å². The molecule has 0 bridgehead atoms. The molecule has 0 unspecified atom stereocenters. The van der Waals surface area contributed by atoms with Gasteiger partial charge in [-0.2, -0.15) is 23.4 Å². The summed E-state index contributed by atoms with van der Waals surface area (Å²) in [5.41, 5.74) is 1.33. The summed E-state index contributed by atoms with van der Waals surface area (Å²) in [5.74, 6) is 0.796. The molecule has 4 aromatic rings. The molecule has 0 aliphatic carbocycles. The van der Waals surface area contributed by atoms with Crippen molar-refractivity contribution in [2.75, 3.05) is 5.32 Å². The molecule has 0 saturated heterocycles. The number of alkyl halides is 3. The second-order valence-corrected chi connectivity index (χ2v) is 6.51. The lowest BCUT2D eigenvalue weighted by molar-refractivity contribution is -0.137. The van der Waals surface area contributed by atoms with E-state index in [-0.39, 0.29) is 11.6 Å². The normalized spacial score (nSPS) is 11.7. The van der Waals surface area contributed by atoms with E-state index in [1.54, 1.807) is 23.9 Å². The highest BCUT2D eigenvalue weighted by Crippen LogP contribution is 2.30. The Morgan fingerprint density at radius 1 is 1.07 bits per heavy atom. The molecule has 3 aromatic heterocycles.